The van der Waals surface area contributed by atoms with Gasteiger partial charge in [0.2, 0.25) is 5.91 Å². The van der Waals surface area contributed by atoms with Crippen LogP contribution in [0.4, 0.5) is 5.69 Å². The van der Waals surface area contributed by atoms with Gasteiger partial charge >= 0.3 is 0 Å². The Labute approximate surface area is 196 Å². The molecule has 32 heavy (non-hydrogen) atoms. The van der Waals surface area contributed by atoms with E-state index in [-0.39, 0.29) is 11.8 Å². The van der Waals surface area contributed by atoms with Gasteiger partial charge in [0.25, 0.3) is 0 Å². The van der Waals surface area contributed by atoms with Gasteiger partial charge in [-0.25, -0.2) is 4.98 Å². The largest absolute Gasteiger partial charge is 0.497 e. The smallest absolute Gasteiger partial charge is 0.227 e. The van der Waals surface area contributed by atoms with Crippen molar-refractivity contribution in [3.05, 3.63) is 88.2 Å². The fourth-order valence-electron chi connectivity index (χ4n) is 4.30. The number of hydrogen-bond acceptors (Lipinski definition) is 3. The summed E-state index contributed by atoms with van der Waals surface area (Å²) in [7, 11) is 1.62. The topological polar surface area (TPSA) is 47.4 Å². The molecule has 2 heterocycles. The normalized spacial score (nSPS) is 16.2. The molecule has 0 radical (unpaired) electrons. The highest BCUT2D eigenvalue weighted by Crippen LogP contribution is 2.35. The lowest BCUT2D eigenvalue weighted by molar-refractivity contribution is -0.117. The molecule has 5 rings (SSSR count). The number of ether oxygens (including phenoxy) is 1. The van der Waals surface area contributed by atoms with E-state index in [0.29, 0.717) is 29.6 Å². The molecule has 1 amide bonds. The number of nitrogens with zero attached hydrogens (tertiary/aromatic N) is 3. The van der Waals surface area contributed by atoms with Gasteiger partial charge in [-0.1, -0.05) is 47.5 Å². The van der Waals surface area contributed by atoms with Gasteiger partial charge < -0.3 is 14.2 Å². The number of fused-ring (bicyclic) bond motifs is 1. The van der Waals surface area contributed by atoms with Crippen molar-refractivity contribution in [1.82, 2.24) is 9.55 Å². The maximum Gasteiger partial charge on any atom is 0.227 e. The molecule has 0 aliphatic carbocycles. The van der Waals surface area contributed by atoms with Crippen LogP contribution >= 0.6 is 23.2 Å². The summed E-state index contributed by atoms with van der Waals surface area (Å²) in [6.45, 7) is 1.11. The van der Waals surface area contributed by atoms with E-state index in [0.717, 1.165) is 33.9 Å². The molecule has 0 saturated carbocycles. The van der Waals surface area contributed by atoms with Crippen molar-refractivity contribution in [3.63, 3.8) is 0 Å². The first-order chi connectivity index (χ1) is 15.5. The van der Waals surface area contributed by atoms with Crippen molar-refractivity contribution >= 4 is 45.8 Å². The Morgan fingerprint density at radius 3 is 2.72 bits per heavy atom. The van der Waals surface area contributed by atoms with Crippen molar-refractivity contribution < 1.29 is 9.53 Å². The number of carbonyl (C=O) groups is 1. The molecule has 0 unspecified atom stereocenters. The van der Waals surface area contributed by atoms with E-state index in [1.54, 1.807) is 13.2 Å². The molecule has 7 heteroatoms. The molecule has 1 atom stereocenters. The number of benzene rings is 3. The summed E-state index contributed by atoms with van der Waals surface area (Å²) < 4.78 is 7.49. The summed E-state index contributed by atoms with van der Waals surface area (Å²) in [5, 5.41) is 1.21. The first-order valence-electron chi connectivity index (χ1n) is 10.4. The second kappa shape index (κ2) is 8.49. The lowest BCUT2D eigenvalue weighted by Gasteiger charge is -2.18. The number of aromatic nitrogens is 2. The first-order valence-corrected chi connectivity index (χ1v) is 11.1. The number of methoxy groups -OCH3 is 1. The van der Waals surface area contributed by atoms with Crippen LogP contribution in [0.25, 0.3) is 11.0 Å². The minimum atomic E-state index is -0.0350. The third-order valence-corrected chi connectivity index (χ3v) is 6.47. The Hall–Kier alpha value is -3.02. The van der Waals surface area contributed by atoms with Gasteiger partial charge in [0.1, 0.15) is 11.6 Å². The fraction of sp³-hybridized carbons (Fsp3) is 0.200. The molecule has 1 aliphatic rings. The molecule has 1 aromatic heterocycles. The van der Waals surface area contributed by atoms with E-state index < -0.39 is 0 Å². The van der Waals surface area contributed by atoms with Crippen LogP contribution in [0.1, 0.15) is 23.7 Å². The average Bonchev–Trinajstić information content (AvgIpc) is 3.36. The summed E-state index contributed by atoms with van der Waals surface area (Å²) in [4.78, 5) is 19.7. The van der Waals surface area contributed by atoms with Crippen LogP contribution < -0.4 is 9.64 Å². The zero-order valence-electron chi connectivity index (χ0n) is 17.5. The van der Waals surface area contributed by atoms with Crippen molar-refractivity contribution in [3.8, 4) is 5.75 Å². The van der Waals surface area contributed by atoms with Crippen LogP contribution in [-0.2, 0) is 11.3 Å². The average molecular weight is 466 g/mol. The molecule has 0 spiro atoms. The van der Waals surface area contributed by atoms with E-state index in [9.17, 15) is 4.79 Å². The lowest BCUT2D eigenvalue weighted by Crippen LogP contribution is -2.24. The highest BCUT2D eigenvalue weighted by Gasteiger charge is 2.35. The summed E-state index contributed by atoms with van der Waals surface area (Å²) in [5.41, 5.74) is 3.70. The molecule has 0 bridgehead atoms. The van der Waals surface area contributed by atoms with Crippen molar-refractivity contribution in [2.75, 3.05) is 18.6 Å². The minimum Gasteiger partial charge on any atom is -0.497 e. The number of imidazole rings is 1. The second-order valence-corrected chi connectivity index (χ2v) is 8.73. The highest BCUT2D eigenvalue weighted by molar-refractivity contribution is 6.35. The number of anilines is 1. The van der Waals surface area contributed by atoms with E-state index in [1.165, 1.54) is 0 Å². The van der Waals surface area contributed by atoms with E-state index in [2.05, 4.69) is 4.57 Å². The van der Waals surface area contributed by atoms with Gasteiger partial charge in [-0.2, -0.15) is 0 Å². The number of carbonyl (C=O) groups excluding carboxylic acids is 1. The maximum absolute atomic E-state index is 12.9. The molecule has 1 fully saturated rings. The summed E-state index contributed by atoms with van der Waals surface area (Å²) in [6, 6.07) is 21.1. The van der Waals surface area contributed by atoms with Crippen LogP contribution in [0.15, 0.2) is 66.7 Å². The fourth-order valence-corrected chi connectivity index (χ4v) is 4.77. The van der Waals surface area contributed by atoms with E-state index in [4.69, 9.17) is 32.9 Å². The van der Waals surface area contributed by atoms with Gasteiger partial charge in [-0.15, -0.1) is 0 Å². The monoisotopic (exact) mass is 465 g/mol. The van der Waals surface area contributed by atoms with Gasteiger partial charge in [-0.3, -0.25) is 4.79 Å². The number of hydrogen-bond donors (Lipinski definition) is 0. The molecule has 1 saturated heterocycles. The quantitative estimate of drug-likeness (QED) is 0.367. The van der Waals surface area contributed by atoms with Crippen LogP contribution in [0.2, 0.25) is 10.0 Å². The Balaban J connectivity index is 1.53. The molecular weight excluding hydrogens is 445 g/mol. The summed E-state index contributed by atoms with van der Waals surface area (Å²) in [6.07, 6.45) is 0.398. The Kier molecular flexibility index (Phi) is 5.53. The van der Waals surface area contributed by atoms with Gasteiger partial charge in [-0.05, 0) is 42.0 Å². The molecular formula is C25H21Cl2N3O2. The minimum absolute atomic E-state index is 0.0350. The number of para-hydroxylation sites is 2. The number of amides is 1. The number of rotatable bonds is 5. The van der Waals surface area contributed by atoms with Crippen molar-refractivity contribution in [2.24, 2.45) is 0 Å². The standard InChI is InChI=1S/C25H21Cl2N3O2/c1-32-20-6-4-5-19(13-20)29-15-17(11-24(29)31)25-28-22-7-2-3-8-23(22)30(25)14-16-9-10-18(26)12-21(16)27/h2-10,12-13,17H,11,14-15H2,1H3/t17-/m1/s1. The van der Waals surface area contributed by atoms with E-state index >= 15 is 0 Å². The van der Waals surface area contributed by atoms with Crippen LogP contribution in [0, 0.1) is 0 Å². The van der Waals surface area contributed by atoms with Gasteiger partial charge in [0.05, 0.1) is 24.7 Å². The molecule has 0 N–H and O–H groups in total. The van der Waals surface area contributed by atoms with Gasteiger partial charge in [0.15, 0.2) is 0 Å². The van der Waals surface area contributed by atoms with Crippen LogP contribution in [0.3, 0.4) is 0 Å². The lowest BCUT2D eigenvalue weighted by atomic mass is 10.1. The Bertz CT molecular complexity index is 1320. The zero-order valence-corrected chi connectivity index (χ0v) is 19.0. The molecule has 3 aromatic carbocycles. The predicted octanol–water partition coefficient (Wildman–Crippen LogP) is 5.92. The highest BCUT2D eigenvalue weighted by atomic mass is 35.5. The molecule has 5 nitrogen and oxygen atoms in total. The summed E-state index contributed by atoms with van der Waals surface area (Å²) >= 11 is 12.6. The Morgan fingerprint density at radius 1 is 1.06 bits per heavy atom. The zero-order chi connectivity index (χ0) is 22.2. The van der Waals surface area contributed by atoms with Crippen LogP contribution in [-0.4, -0.2) is 29.1 Å². The predicted molar refractivity (Wildman–Crippen MR) is 128 cm³/mol. The maximum atomic E-state index is 12.9. The van der Waals surface area contributed by atoms with Crippen molar-refractivity contribution in [2.45, 2.75) is 18.9 Å². The first kappa shape index (κ1) is 20.9. The third kappa shape index (κ3) is 3.83. The summed E-state index contributed by atoms with van der Waals surface area (Å²) in [5.74, 6) is 1.65. The third-order valence-electron chi connectivity index (χ3n) is 5.88. The molecule has 4 aromatic rings. The molecule has 162 valence electrons. The number of halogens is 2. The van der Waals surface area contributed by atoms with E-state index in [1.807, 2.05) is 65.6 Å². The second-order valence-electron chi connectivity index (χ2n) is 7.89. The Morgan fingerprint density at radius 2 is 1.91 bits per heavy atom. The van der Waals surface area contributed by atoms with Gasteiger partial charge in [0, 0.05) is 40.7 Å². The molecule has 1 aliphatic heterocycles. The SMILES string of the molecule is COc1cccc(N2C[C@H](c3nc4ccccc4n3Cc3ccc(Cl)cc3Cl)CC2=O)c1. The van der Waals surface area contributed by atoms with Crippen LogP contribution in [0.5, 0.6) is 5.75 Å². The van der Waals surface area contributed by atoms with Crippen molar-refractivity contribution in [1.29, 1.82) is 0 Å².